The molecule has 47 heavy (non-hydrogen) atoms. The van der Waals surface area contributed by atoms with E-state index in [2.05, 4.69) is 67.4 Å². The zero-order chi connectivity index (χ0) is 34.5. The Kier molecular flexibility index (Phi) is 35.8. The second-order valence-corrected chi connectivity index (χ2v) is 15.7. The molecule has 0 saturated heterocycles. The Morgan fingerprint density at radius 1 is 0.489 bits per heavy atom. The molecule has 0 spiro atoms. The van der Waals surface area contributed by atoms with Gasteiger partial charge < -0.3 is 14.0 Å². The quantitative estimate of drug-likeness (QED) is 0.0511. The Balaban J connectivity index is 4.13. The number of nitrogens with zero attached hydrogens (tertiary/aromatic N) is 1. The first kappa shape index (κ1) is 46.1. The lowest BCUT2D eigenvalue weighted by atomic mass is 10.0. The highest BCUT2D eigenvalue weighted by Gasteiger charge is 2.23. The van der Waals surface area contributed by atoms with Gasteiger partial charge in [0.1, 0.15) is 0 Å². The van der Waals surface area contributed by atoms with Crippen molar-refractivity contribution in [1.82, 2.24) is 4.90 Å². The molecule has 4 nitrogen and oxygen atoms in total. The summed E-state index contributed by atoms with van der Waals surface area (Å²) in [5.41, 5.74) is 0. The SMILES string of the molecule is CCCCC/C=C\C/C=C\CCCCCCCCC(CCCCCCCC/C=C\C/C=C\CCCCC)OS(O)(O)CCCN(C)C. The second-order valence-electron chi connectivity index (χ2n) is 13.9. The summed E-state index contributed by atoms with van der Waals surface area (Å²) in [6.45, 7) is 5.36. The van der Waals surface area contributed by atoms with Gasteiger partial charge in [-0.2, -0.15) is 0 Å². The lowest BCUT2D eigenvalue weighted by molar-refractivity contribution is 0.152. The fourth-order valence-corrected chi connectivity index (χ4v) is 7.03. The van der Waals surface area contributed by atoms with Gasteiger partial charge in [0.05, 0.1) is 17.0 Å². The zero-order valence-electron chi connectivity index (χ0n) is 31.9. The van der Waals surface area contributed by atoms with E-state index in [9.17, 15) is 9.11 Å². The van der Waals surface area contributed by atoms with Gasteiger partial charge in [0, 0.05) is 5.75 Å². The topological polar surface area (TPSA) is 52.9 Å². The smallest absolute Gasteiger partial charge is 0.0839 e. The zero-order valence-corrected chi connectivity index (χ0v) is 32.7. The van der Waals surface area contributed by atoms with E-state index in [-0.39, 0.29) is 6.10 Å². The molecule has 0 aromatic rings. The minimum absolute atomic E-state index is 0.0315. The van der Waals surface area contributed by atoms with Crippen LogP contribution in [0.1, 0.15) is 187 Å². The van der Waals surface area contributed by atoms with Crippen LogP contribution in [0.4, 0.5) is 0 Å². The molecule has 0 aliphatic heterocycles. The molecule has 0 amide bonds. The van der Waals surface area contributed by atoms with Crippen LogP contribution in [0.5, 0.6) is 0 Å². The first-order valence-corrected chi connectivity index (χ1v) is 21.7. The fraction of sp³-hybridized carbons (Fsp3) is 0.810. The Labute approximate surface area is 296 Å². The van der Waals surface area contributed by atoms with E-state index >= 15 is 0 Å². The molecular formula is C42H81NO3S. The average Bonchev–Trinajstić information content (AvgIpc) is 3.03. The van der Waals surface area contributed by atoms with Crippen LogP contribution in [0.15, 0.2) is 48.6 Å². The van der Waals surface area contributed by atoms with Crippen molar-refractivity contribution in [2.24, 2.45) is 0 Å². The van der Waals surface area contributed by atoms with Crippen molar-refractivity contribution in [3.8, 4) is 0 Å². The van der Waals surface area contributed by atoms with Gasteiger partial charge in [0.25, 0.3) is 0 Å². The van der Waals surface area contributed by atoms with Crippen molar-refractivity contribution in [1.29, 1.82) is 0 Å². The van der Waals surface area contributed by atoms with E-state index in [1.165, 1.54) is 128 Å². The summed E-state index contributed by atoms with van der Waals surface area (Å²) in [6.07, 6.45) is 51.1. The maximum Gasteiger partial charge on any atom is 0.0839 e. The highest BCUT2D eigenvalue weighted by atomic mass is 32.3. The number of unbranched alkanes of at least 4 members (excludes halogenated alkanes) is 18. The number of rotatable bonds is 36. The monoisotopic (exact) mass is 680 g/mol. The van der Waals surface area contributed by atoms with Crippen LogP contribution in [0, 0.1) is 0 Å². The van der Waals surface area contributed by atoms with E-state index in [4.69, 9.17) is 4.18 Å². The van der Waals surface area contributed by atoms with Crippen LogP contribution < -0.4 is 0 Å². The summed E-state index contributed by atoms with van der Waals surface area (Å²) in [5, 5.41) is 0. The van der Waals surface area contributed by atoms with E-state index in [1.54, 1.807) is 0 Å². The van der Waals surface area contributed by atoms with Gasteiger partial charge in [0.2, 0.25) is 0 Å². The van der Waals surface area contributed by atoms with Crippen LogP contribution in [0.3, 0.4) is 0 Å². The molecule has 0 fully saturated rings. The van der Waals surface area contributed by atoms with Gasteiger partial charge >= 0.3 is 0 Å². The summed E-state index contributed by atoms with van der Waals surface area (Å²) >= 11 is 0. The molecule has 0 rings (SSSR count). The molecule has 0 aliphatic carbocycles. The van der Waals surface area contributed by atoms with Gasteiger partial charge in [-0.05, 0) is 104 Å². The molecule has 0 radical (unpaired) electrons. The lowest BCUT2D eigenvalue weighted by Gasteiger charge is -2.32. The molecule has 0 aromatic carbocycles. The highest BCUT2D eigenvalue weighted by molar-refractivity contribution is 8.20. The molecule has 0 heterocycles. The highest BCUT2D eigenvalue weighted by Crippen LogP contribution is 2.43. The molecule has 0 atom stereocenters. The third-order valence-corrected chi connectivity index (χ3v) is 10.2. The molecule has 0 aromatic heterocycles. The van der Waals surface area contributed by atoms with Crippen molar-refractivity contribution in [2.75, 3.05) is 26.4 Å². The third-order valence-electron chi connectivity index (χ3n) is 8.76. The fourth-order valence-electron chi connectivity index (χ4n) is 5.80. The molecule has 5 heteroatoms. The lowest BCUT2D eigenvalue weighted by Crippen LogP contribution is -2.21. The normalized spacial score (nSPS) is 13.3. The Hall–Kier alpha value is -0.850. The maximum absolute atomic E-state index is 10.6. The van der Waals surface area contributed by atoms with E-state index in [1.807, 2.05) is 14.1 Å². The Morgan fingerprint density at radius 3 is 1.23 bits per heavy atom. The van der Waals surface area contributed by atoms with Gasteiger partial charge in [0.15, 0.2) is 0 Å². The van der Waals surface area contributed by atoms with Crippen LogP contribution in [-0.4, -0.2) is 46.5 Å². The molecule has 278 valence electrons. The Morgan fingerprint density at radius 2 is 0.851 bits per heavy atom. The van der Waals surface area contributed by atoms with Crippen molar-refractivity contribution in [3.63, 3.8) is 0 Å². The number of hydrogen-bond acceptors (Lipinski definition) is 4. The Bertz CT molecular complexity index is 698. The van der Waals surface area contributed by atoms with Gasteiger partial charge in [-0.3, -0.25) is 4.18 Å². The number of hydrogen-bond donors (Lipinski definition) is 2. The minimum atomic E-state index is -2.97. The van der Waals surface area contributed by atoms with Crippen molar-refractivity contribution >= 4 is 10.9 Å². The maximum atomic E-state index is 10.6. The van der Waals surface area contributed by atoms with Crippen molar-refractivity contribution < 1.29 is 13.3 Å². The summed E-state index contributed by atoms with van der Waals surface area (Å²) in [7, 11) is 1.07. The second kappa shape index (κ2) is 36.4. The van der Waals surface area contributed by atoms with Crippen LogP contribution in [0.2, 0.25) is 0 Å². The molecule has 0 saturated carbocycles. The molecule has 0 aliphatic rings. The minimum Gasteiger partial charge on any atom is -0.309 e. The molecular weight excluding hydrogens is 599 g/mol. The summed E-state index contributed by atoms with van der Waals surface area (Å²) in [6, 6.07) is 0. The summed E-state index contributed by atoms with van der Waals surface area (Å²) in [4.78, 5) is 2.08. The third kappa shape index (κ3) is 37.8. The van der Waals surface area contributed by atoms with Crippen LogP contribution in [0.25, 0.3) is 0 Å². The predicted octanol–water partition coefficient (Wildman–Crippen LogP) is 14.4. The van der Waals surface area contributed by atoms with Gasteiger partial charge in [-0.15, -0.1) is 0 Å². The predicted molar refractivity (Wildman–Crippen MR) is 214 cm³/mol. The first-order chi connectivity index (χ1) is 22.9. The van der Waals surface area contributed by atoms with Crippen LogP contribution >= 0.6 is 10.9 Å². The van der Waals surface area contributed by atoms with Gasteiger partial charge in [-0.25, -0.2) is 0 Å². The molecule has 0 unspecified atom stereocenters. The van der Waals surface area contributed by atoms with Crippen LogP contribution in [-0.2, 0) is 4.18 Å². The summed E-state index contributed by atoms with van der Waals surface area (Å²) < 4.78 is 27.3. The van der Waals surface area contributed by atoms with E-state index in [0.717, 1.165) is 51.5 Å². The van der Waals surface area contributed by atoms with E-state index < -0.39 is 10.9 Å². The largest absolute Gasteiger partial charge is 0.309 e. The molecule has 0 bridgehead atoms. The first-order valence-electron chi connectivity index (χ1n) is 20.1. The van der Waals surface area contributed by atoms with E-state index in [0.29, 0.717) is 5.75 Å². The van der Waals surface area contributed by atoms with Crippen molar-refractivity contribution in [3.05, 3.63) is 48.6 Å². The standard InChI is InChI=1S/C42H81NO3S/c1-5-7-9-11-13-15-17-19-21-23-25-27-29-31-33-35-38-42(46-47(44,45)41-37-40-43(3)4)39-36-34-32-30-28-26-24-22-20-18-16-14-12-10-8-6-2/h13-16,19-22,42,44-45H,5-12,17-18,23-41H2,1-4H3/b15-13-,16-14-,21-19-,22-20-. The van der Waals surface area contributed by atoms with Crippen molar-refractivity contribution in [2.45, 2.75) is 193 Å². The average molecular weight is 680 g/mol. The van der Waals surface area contributed by atoms with Gasteiger partial charge in [-0.1, -0.05) is 152 Å². The summed E-state index contributed by atoms with van der Waals surface area (Å²) in [5.74, 6) is 0.342. The molecule has 2 N–H and O–H groups in total. The number of allylic oxidation sites excluding steroid dienone is 8.